The lowest BCUT2D eigenvalue weighted by Gasteiger charge is -2.23. The van der Waals surface area contributed by atoms with Crippen molar-refractivity contribution in [2.75, 3.05) is 5.75 Å². The van der Waals surface area contributed by atoms with Gasteiger partial charge in [-0.25, -0.2) is 8.98 Å². The number of nitrogens with one attached hydrogen (secondary N) is 1. The fourth-order valence-corrected chi connectivity index (χ4v) is 6.08. The van der Waals surface area contributed by atoms with Crippen LogP contribution in [0.3, 0.4) is 0 Å². The van der Waals surface area contributed by atoms with Gasteiger partial charge in [-0.15, -0.1) is 11.8 Å². The molecule has 1 aliphatic rings. The molecule has 0 saturated carbocycles. The molecule has 10 nitrogen and oxygen atoms in total. The first-order valence-corrected chi connectivity index (χ1v) is 13.7. The van der Waals surface area contributed by atoms with Gasteiger partial charge in [0.2, 0.25) is 0 Å². The van der Waals surface area contributed by atoms with Crippen molar-refractivity contribution in [1.29, 1.82) is 0 Å². The first kappa shape index (κ1) is 29.1. The van der Waals surface area contributed by atoms with Crippen LogP contribution in [-0.4, -0.2) is 37.5 Å². The van der Waals surface area contributed by atoms with Crippen molar-refractivity contribution in [2.24, 2.45) is 0 Å². The second-order valence-electron chi connectivity index (χ2n) is 8.11. The molecule has 1 aliphatic heterocycles. The molecular formula is C26H28N2O8S2. The molecule has 0 spiro atoms. The third-order valence-corrected chi connectivity index (χ3v) is 8.12. The lowest BCUT2D eigenvalue weighted by molar-refractivity contribution is -0.384. The molecule has 0 aromatic heterocycles. The Morgan fingerprint density at radius 3 is 2.37 bits per heavy atom. The average Bonchev–Trinajstić information content (AvgIpc) is 2.94. The van der Waals surface area contributed by atoms with Gasteiger partial charge in [0.1, 0.15) is 11.5 Å². The molecule has 4 rings (SSSR count). The number of fused-ring (bicyclic) bond motifs is 1. The minimum absolute atomic E-state index is 0. The van der Waals surface area contributed by atoms with Crippen LogP contribution in [0, 0.1) is 10.1 Å². The van der Waals surface area contributed by atoms with Crippen LogP contribution in [0.2, 0.25) is 0 Å². The summed E-state index contributed by atoms with van der Waals surface area (Å²) in [5, 5.41) is 13.7. The Labute approximate surface area is 225 Å². The standard InChI is InChI=1S/C25H24N2O8S2.CH4/c28-25(34-16-18-6-2-1-3-7-18)26-20-14-24(33-15-19-10-12-21(13-11-19)27(29)30)35-37(31,32)23-9-5-4-8-22(23)36-17-20;/h1-13,20,24H,14-17H2,(H,26,28);1H4/t20-,24?;/m1./s1. The van der Waals surface area contributed by atoms with Crippen LogP contribution < -0.4 is 5.32 Å². The van der Waals surface area contributed by atoms with Crippen LogP contribution in [-0.2, 0) is 37.0 Å². The number of nitro groups is 1. The summed E-state index contributed by atoms with van der Waals surface area (Å²) in [5.74, 6) is 0.341. The van der Waals surface area contributed by atoms with Crippen molar-refractivity contribution in [2.45, 2.75) is 49.2 Å². The highest BCUT2D eigenvalue weighted by Crippen LogP contribution is 2.32. The van der Waals surface area contributed by atoms with E-state index in [1.807, 2.05) is 30.3 Å². The predicted octanol–water partition coefficient (Wildman–Crippen LogP) is 5.27. The monoisotopic (exact) mass is 560 g/mol. The summed E-state index contributed by atoms with van der Waals surface area (Å²) in [6.07, 6.45) is -1.86. The summed E-state index contributed by atoms with van der Waals surface area (Å²) < 4.78 is 42.6. The van der Waals surface area contributed by atoms with Crippen LogP contribution in [0.4, 0.5) is 10.5 Å². The average molecular weight is 561 g/mol. The molecule has 1 heterocycles. The number of amides is 1. The van der Waals surface area contributed by atoms with Crippen molar-refractivity contribution in [3.8, 4) is 0 Å². The van der Waals surface area contributed by atoms with Gasteiger partial charge in [0, 0.05) is 35.2 Å². The van der Waals surface area contributed by atoms with E-state index in [2.05, 4.69) is 5.32 Å². The van der Waals surface area contributed by atoms with Gasteiger partial charge in [-0.2, -0.15) is 8.42 Å². The highest BCUT2D eigenvalue weighted by atomic mass is 32.2. The Hall–Kier alpha value is -3.45. The number of carbonyl (C=O) groups excluding carboxylic acids is 1. The highest BCUT2D eigenvalue weighted by Gasteiger charge is 2.31. The number of nitrogens with zero attached hydrogens (tertiary/aromatic N) is 1. The van der Waals surface area contributed by atoms with Crippen molar-refractivity contribution >= 4 is 33.7 Å². The fourth-order valence-electron chi connectivity index (χ4n) is 3.53. The summed E-state index contributed by atoms with van der Waals surface area (Å²) in [5.41, 5.74) is 1.35. The van der Waals surface area contributed by atoms with E-state index in [9.17, 15) is 23.3 Å². The summed E-state index contributed by atoms with van der Waals surface area (Å²) in [6, 6.07) is 20.8. The van der Waals surface area contributed by atoms with E-state index >= 15 is 0 Å². The second kappa shape index (κ2) is 13.4. The Balaban J connectivity index is 0.00000400. The second-order valence-corrected chi connectivity index (χ2v) is 10.7. The molecule has 202 valence electrons. The van der Waals surface area contributed by atoms with Crippen LogP contribution in [0.1, 0.15) is 25.0 Å². The molecule has 38 heavy (non-hydrogen) atoms. The van der Waals surface area contributed by atoms with E-state index < -0.39 is 33.5 Å². The molecule has 3 aromatic rings. The Morgan fingerprint density at radius 2 is 1.66 bits per heavy atom. The van der Waals surface area contributed by atoms with Crippen molar-refractivity contribution < 1.29 is 31.8 Å². The molecule has 1 unspecified atom stereocenters. The summed E-state index contributed by atoms with van der Waals surface area (Å²) in [4.78, 5) is 23.4. The zero-order valence-electron chi connectivity index (χ0n) is 19.5. The fraction of sp³-hybridized carbons (Fsp3) is 0.269. The number of carbonyl (C=O) groups is 1. The maximum Gasteiger partial charge on any atom is 0.407 e. The SMILES string of the molecule is C.O=C(N[C@H]1CSc2ccccc2S(=O)(=O)OC(OCc2ccc([N+](=O)[O-])cc2)C1)OCc1ccccc1. The first-order valence-electron chi connectivity index (χ1n) is 11.3. The Morgan fingerprint density at radius 1 is 1.00 bits per heavy atom. The number of rotatable bonds is 7. The van der Waals surface area contributed by atoms with Gasteiger partial charge in [-0.05, 0) is 35.4 Å². The van der Waals surface area contributed by atoms with Crippen LogP contribution in [0.5, 0.6) is 0 Å². The third-order valence-electron chi connectivity index (χ3n) is 5.39. The quantitative estimate of drug-likeness (QED) is 0.233. The molecular weight excluding hydrogens is 532 g/mol. The molecule has 0 bridgehead atoms. The summed E-state index contributed by atoms with van der Waals surface area (Å²) in [6.45, 7) is 0.0263. The van der Waals surface area contributed by atoms with Gasteiger partial charge in [0.25, 0.3) is 5.69 Å². The third kappa shape index (κ3) is 8.02. The van der Waals surface area contributed by atoms with E-state index in [0.717, 1.165) is 5.56 Å². The lowest BCUT2D eigenvalue weighted by Crippen LogP contribution is -2.40. The van der Waals surface area contributed by atoms with Crippen molar-refractivity contribution in [1.82, 2.24) is 5.32 Å². The molecule has 12 heteroatoms. The topological polar surface area (TPSA) is 134 Å². The number of ether oxygens (including phenoxy) is 2. The van der Waals surface area contributed by atoms with E-state index in [-0.39, 0.29) is 37.6 Å². The molecule has 1 amide bonds. The van der Waals surface area contributed by atoms with Gasteiger partial charge in [-0.3, -0.25) is 10.1 Å². The van der Waals surface area contributed by atoms with Gasteiger partial charge >= 0.3 is 16.2 Å². The molecule has 0 aliphatic carbocycles. The largest absolute Gasteiger partial charge is 0.445 e. The zero-order valence-corrected chi connectivity index (χ0v) is 21.2. The number of benzene rings is 3. The van der Waals surface area contributed by atoms with Crippen molar-refractivity contribution in [3.05, 3.63) is 100 Å². The number of non-ortho nitro benzene ring substituents is 1. The molecule has 0 fully saturated rings. The minimum atomic E-state index is -4.17. The molecule has 3 aromatic carbocycles. The van der Waals surface area contributed by atoms with Gasteiger partial charge in [0.05, 0.1) is 11.5 Å². The first-order chi connectivity index (χ1) is 17.8. The normalized spacial score (nSPS) is 18.4. The molecule has 0 saturated heterocycles. The number of thioether (sulfide) groups is 1. The summed E-state index contributed by atoms with van der Waals surface area (Å²) >= 11 is 1.28. The van der Waals surface area contributed by atoms with E-state index in [4.69, 9.17) is 13.7 Å². The maximum absolute atomic E-state index is 13.0. The Kier molecular flexibility index (Phi) is 10.2. The lowest BCUT2D eigenvalue weighted by atomic mass is 10.2. The predicted molar refractivity (Wildman–Crippen MR) is 142 cm³/mol. The summed E-state index contributed by atoms with van der Waals surface area (Å²) in [7, 11) is -4.17. The van der Waals surface area contributed by atoms with E-state index in [1.54, 1.807) is 18.2 Å². The van der Waals surface area contributed by atoms with Crippen molar-refractivity contribution in [3.63, 3.8) is 0 Å². The maximum atomic E-state index is 13.0. The van der Waals surface area contributed by atoms with Gasteiger partial charge in [-0.1, -0.05) is 49.9 Å². The zero-order chi connectivity index (χ0) is 26.3. The number of hydrogen-bond acceptors (Lipinski definition) is 9. The smallest absolute Gasteiger partial charge is 0.407 e. The minimum Gasteiger partial charge on any atom is -0.445 e. The number of alkyl carbamates (subject to hydrolysis) is 1. The van der Waals surface area contributed by atoms with E-state index in [0.29, 0.717) is 16.2 Å². The molecule has 2 atom stereocenters. The van der Waals surface area contributed by atoms with Gasteiger partial charge in [0.15, 0.2) is 6.29 Å². The van der Waals surface area contributed by atoms with Crippen LogP contribution >= 0.6 is 11.8 Å². The number of nitro benzene ring substituents is 1. The van der Waals surface area contributed by atoms with Crippen LogP contribution in [0.25, 0.3) is 0 Å². The highest BCUT2D eigenvalue weighted by molar-refractivity contribution is 8.00. The van der Waals surface area contributed by atoms with Crippen LogP contribution in [0.15, 0.2) is 88.7 Å². The van der Waals surface area contributed by atoms with E-state index in [1.165, 1.54) is 42.1 Å². The molecule has 0 radical (unpaired) electrons. The van der Waals surface area contributed by atoms with Gasteiger partial charge < -0.3 is 14.8 Å². The molecule has 1 N–H and O–H groups in total. The Bertz CT molecular complexity index is 1330. The number of hydrogen-bond donors (Lipinski definition) is 1.